The Bertz CT molecular complexity index is 436. The van der Waals surface area contributed by atoms with Gasteiger partial charge in [-0.1, -0.05) is 18.1 Å². The van der Waals surface area contributed by atoms with Crippen LogP contribution in [-0.4, -0.2) is 41.8 Å². The molecule has 98 valence electrons. The molecular weight excluding hydrogens is 232 g/mol. The van der Waals surface area contributed by atoms with E-state index in [-0.39, 0.29) is 11.9 Å². The predicted octanol–water partition coefficient (Wildman–Crippen LogP) is 0.791. The summed E-state index contributed by atoms with van der Waals surface area (Å²) in [5, 5.41) is 11.6. The molecular formula is C12H18N4O2. The van der Waals surface area contributed by atoms with Crippen LogP contribution in [0.1, 0.15) is 19.0 Å². The fourth-order valence-electron chi connectivity index (χ4n) is 1.97. The van der Waals surface area contributed by atoms with Gasteiger partial charge < -0.3 is 20.6 Å². The zero-order valence-electron chi connectivity index (χ0n) is 10.4. The van der Waals surface area contributed by atoms with Crippen LogP contribution >= 0.6 is 0 Å². The van der Waals surface area contributed by atoms with Crippen molar-refractivity contribution in [2.45, 2.75) is 19.4 Å². The van der Waals surface area contributed by atoms with Gasteiger partial charge in [-0.15, -0.1) is 0 Å². The summed E-state index contributed by atoms with van der Waals surface area (Å²) in [5.74, 6) is 0.859. The third-order valence-electron chi connectivity index (χ3n) is 3.02. The molecule has 1 fully saturated rings. The molecule has 0 aliphatic carbocycles. The average molecular weight is 250 g/mol. The molecule has 0 aromatic carbocycles. The molecule has 6 heteroatoms. The highest BCUT2D eigenvalue weighted by Gasteiger charge is 2.20. The van der Waals surface area contributed by atoms with Crippen LogP contribution in [0.25, 0.3) is 0 Å². The number of rotatable bonds is 3. The van der Waals surface area contributed by atoms with Gasteiger partial charge in [0.05, 0.1) is 12.7 Å². The minimum absolute atomic E-state index is 0.0251. The van der Waals surface area contributed by atoms with Crippen LogP contribution in [0, 0.1) is 0 Å². The lowest BCUT2D eigenvalue weighted by molar-refractivity contribution is 0.0381. The fraction of sp³-hybridized carbons (Fsp3) is 0.500. The maximum atomic E-state index is 8.66. The van der Waals surface area contributed by atoms with Crippen LogP contribution in [0.2, 0.25) is 0 Å². The highest BCUT2D eigenvalue weighted by Crippen LogP contribution is 2.16. The van der Waals surface area contributed by atoms with E-state index < -0.39 is 0 Å². The summed E-state index contributed by atoms with van der Waals surface area (Å²) in [5.41, 5.74) is 6.02. The van der Waals surface area contributed by atoms with Gasteiger partial charge >= 0.3 is 0 Å². The number of ether oxygens (including phenoxy) is 1. The fourth-order valence-corrected chi connectivity index (χ4v) is 1.97. The number of amidine groups is 1. The summed E-state index contributed by atoms with van der Waals surface area (Å²) in [4.78, 5) is 6.55. The zero-order chi connectivity index (χ0) is 13.0. The van der Waals surface area contributed by atoms with Gasteiger partial charge in [-0.05, 0) is 18.6 Å². The number of pyridine rings is 1. The Hall–Kier alpha value is -1.82. The van der Waals surface area contributed by atoms with Crippen LogP contribution in [0.3, 0.4) is 0 Å². The van der Waals surface area contributed by atoms with E-state index in [0.29, 0.717) is 12.3 Å². The van der Waals surface area contributed by atoms with Crippen LogP contribution in [0.4, 0.5) is 5.82 Å². The van der Waals surface area contributed by atoms with E-state index in [9.17, 15) is 0 Å². The molecule has 0 amide bonds. The Morgan fingerprint density at radius 1 is 1.67 bits per heavy atom. The Labute approximate surface area is 106 Å². The van der Waals surface area contributed by atoms with Gasteiger partial charge in [0.1, 0.15) is 11.5 Å². The van der Waals surface area contributed by atoms with Crippen molar-refractivity contribution in [2.24, 2.45) is 10.9 Å². The second-order valence-electron chi connectivity index (χ2n) is 4.21. The van der Waals surface area contributed by atoms with Gasteiger partial charge in [-0.3, -0.25) is 0 Å². The molecule has 3 N–H and O–H groups in total. The molecule has 1 aromatic rings. The Morgan fingerprint density at radius 3 is 3.22 bits per heavy atom. The second-order valence-corrected chi connectivity index (χ2v) is 4.21. The molecule has 1 unspecified atom stereocenters. The minimum Gasteiger partial charge on any atom is -0.409 e. The summed E-state index contributed by atoms with van der Waals surface area (Å²) >= 11 is 0. The van der Waals surface area contributed by atoms with Crippen LogP contribution < -0.4 is 10.6 Å². The number of anilines is 1. The van der Waals surface area contributed by atoms with Crippen molar-refractivity contribution in [2.75, 3.05) is 24.6 Å². The smallest absolute Gasteiger partial charge is 0.188 e. The highest BCUT2D eigenvalue weighted by atomic mass is 16.5. The first-order valence-corrected chi connectivity index (χ1v) is 6.06. The number of nitrogens with two attached hydrogens (primary N) is 1. The number of aromatic nitrogens is 1. The number of oxime groups is 1. The van der Waals surface area contributed by atoms with E-state index in [1.807, 2.05) is 12.1 Å². The maximum Gasteiger partial charge on any atom is 0.188 e. The monoisotopic (exact) mass is 250 g/mol. The van der Waals surface area contributed by atoms with Crippen molar-refractivity contribution in [3.8, 4) is 0 Å². The summed E-state index contributed by atoms with van der Waals surface area (Å²) in [6.07, 6.45) is 1.23. The molecule has 0 bridgehead atoms. The van der Waals surface area contributed by atoms with Gasteiger partial charge in [-0.25, -0.2) is 4.98 Å². The van der Waals surface area contributed by atoms with Gasteiger partial charge in [-0.2, -0.15) is 0 Å². The molecule has 2 heterocycles. The van der Waals surface area contributed by atoms with Gasteiger partial charge in [0.25, 0.3) is 0 Å². The molecule has 0 radical (unpaired) electrons. The molecule has 1 saturated heterocycles. The Morgan fingerprint density at radius 2 is 2.50 bits per heavy atom. The standard InChI is InChI=1S/C12H18N4O2/c1-2-9-8-16(6-7-18-9)11-5-3-4-10(14-11)12(13)15-17/h3-5,9,17H,2,6-8H2,1H3,(H2,13,15). The first-order chi connectivity index (χ1) is 8.74. The quantitative estimate of drug-likeness (QED) is 0.358. The molecule has 2 rings (SSSR count). The van der Waals surface area contributed by atoms with Crippen LogP contribution in [0.15, 0.2) is 23.4 Å². The lowest BCUT2D eigenvalue weighted by atomic mass is 10.2. The van der Waals surface area contributed by atoms with E-state index in [0.717, 1.165) is 25.3 Å². The highest BCUT2D eigenvalue weighted by molar-refractivity contribution is 5.95. The third kappa shape index (κ3) is 2.70. The molecule has 0 spiro atoms. The Kier molecular flexibility index (Phi) is 3.99. The topological polar surface area (TPSA) is 84.0 Å². The normalized spacial score (nSPS) is 21.1. The van der Waals surface area contributed by atoms with E-state index in [4.69, 9.17) is 15.7 Å². The van der Waals surface area contributed by atoms with E-state index in [2.05, 4.69) is 22.0 Å². The van der Waals surface area contributed by atoms with Gasteiger partial charge in [0, 0.05) is 13.1 Å². The molecule has 1 aromatic heterocycles. The average Bonchev–Trinajstić information content (AvgIpc) is 2.46. The molecule has 1 atom stereocenters. The van der Waals surface area contributed by atoms with Gasteiger partial charge in [0.2, 0.25) is 0 Å². The summed E-state index contributed by atoms with van der Waals surface area (Å²) in [6, 6.07) is 5.49. The van der Waals surface area contributed by atoms with Crippen LogP contribution in [-0.2, 0) is 4.74 Å². The maximum absolute atomic E-state index is 8.66. The van der Waals surface area contributed by atoms with Crippen LogP contribution in [0.5, 0.6) is 0 Å². The van der Waals surface area contributed by atoms with Crippen molar-refractivity contribution in [1.29, 1.82) is 0 Å². The molecule has 0 saturated carbocycles. The summed E-state index contributed by atoms with van der Waals surface area (Å²) in [7, 11) is 0. The van der Waals surface area contributed by atoms with Crippen molar-refractivity contribution in [1.82, 2.24) is 4.98 Å². The van der Waals surface area contributed by atoms with Crippen molar-refractivity contribution in [3.05, 3.63) is 23.9 Å². The number of morpholine rings is 1. The molecule has 1 aliphatic rings. The number of hydrogen-bond donors (Lipinski definition) is 2. The van der Waals surface area contributed by atoms with Gasteiger partial charge in [0.15, 0.2) is 5.84 Å². The lowest BCUT2D eigenvalue weighted by Crippen LogP contribution is -2.42. The summed E-state index contributed by atoms with van der Waals surface area (Å²) < 4.78 is 5.62. The van der Waals surface area contributed by atoms with Crippen molar-refractivity contribution in [3.63, 3.8) is 0 Å². The van der Waals surface area contributed by atoms with E-state index in [1.54, 1.807) is 6.07 Å². The van der Waals surface area contributed by atoms with Crippen molar-refractivity contribution >= 4 is 11.7 Å². The largest absolute Gasteiger partial charge is 0.409 e. The predicted molar refractivity (Wildman–Crippen MR) is 69.0 cm³/mol. The first kappa shape index (κ1) is 12.6. The van der Waals surface area contributed by atoms with E-state index >= 15 is 0 Å². The van der Waals surface area contributed by atoms with Crippen molar-refractivity contribution < 1.29 is 9.94 Å². The van der Waals surface area contributed by atoms with E-state index in [1.165, 1.54) is 0 Å². The first-order valence-electron chi connectivity index (χ1n) is 6.06. The third-order valence-corrected chi connectivity index (χ3v) is 3.02. The lowest BCUT2D eigenvalue weighted by Gasteiger charge is -2.33. The number of nitrogens with zero attached hydrogens (tertiary/aromatic N) is 3. The zero-order valence-corrected chi connectivity index (χ0v) is 10.4. The molecule has 6 nitrogen and oxygen atoms in total. The Balaban J connectivity index is 2.17. The summed E-state index contributed by atoms with van der Waals surface area (Å²) in [6.45, 7) is 4.44. The minimum atomic E-state index is 0.0251. The molecule has 18 heavy (non-hydrogen) atoms. The SMILES string of the molecule is CCC1CN(c2cccc(C(N)=NO)n2)CCO1. The second kappa shape index (κ2) is 5.68. The number of hydrogen-bond acceptors (Lipinski definition) is 5. The molecule has 1 aliphatic heterocycles.